The highest BCUT2D eigenvalue weighted by Crippen LogP contribution is 2.37. The number of alkyl halides is 6. The number of hydrogen-bond acceptors (Lipinski definition) is 7. The summed E-state index contributed by atoms with van der Waals surface area (Å²) < 4.78 is 82.8. The molecule has 0 spiro atoms. The molecule has 39 heavy (non-hydrogen) atoms. The van der Waals surface area contributed by atoms with Gasteiger partial charge >= 0.3 is 12.5 Å². The first-order valence-electron chi connectivity index (χ1n) is 11.8. The number of benzene rings is 1. The summed E-state index contributed by atoms with van der Waals surface area (Å²) in [6, 6.07) is 3.90. The Morgan fingerprint density at radius 1 is 1.03 bits per heavy atom. The average molecular weight is 622 g/mol. The minimum Gasteiger partial charge on any atom is -0.406 e. The van der Waals surface area contributed by atoms with E-state index >= 15 is 0 Å². The van der Waals surface area contributed by atoms with Crippen molar-refractivity contribution in [2.24, 2.45) is 0 Å². The fourth-order valence-corrected chi connectivity index (χ4v) is 6.07. The van der Waals surface area contributed by atoms with Crippen molar-refractivity contribution in [2.45, 2.75) is 31.0 Å². The summed E-state index contributed by atoms with van der Waals surface area (Å²) in [5, 5.41) is 3.45. The van der Waals surface area contributed by atoms with Gasteiger partial charge in [-0.1, -0.05) is 0 Å². The summed E-state index contributed by atoms with van der Waals surface area (Å²) in [6.07, 6.45) is -8.98. The van der Waals surface area contributed by atoms with Crippen LogP contribution >= 0.6 is 36.6 Å². The molecule has 0 unspecified atom stereocenters. The first-order valence-corrected chi connectivity index (χ1v) is 13.0. The van der Waals surface area contributed by atoms with Gasteiger partial charge in [0, 0.05) is 62.1 Å². The van der Waals surface area contributed by atoms with Gasteiger partial charge in [-0.3, -0.25) is 9.69 Å². The molecular weight excluding hydrogens is 595 g/mol. The van der Waals surface area contributed by atoms with Gasteiger partial charge in [0.1, 0.15) is 11.4 Å². The standard InChI is InChI=1S/C23H25F6N5O2S.2ClH/c24-22(25,26)20-11-19(16-10-15(36-23(27,28)29)1-2-17(16)31-20)33-5-3-32(4-6-33)14-9-18(30-12-14)21(35)34-7-8-37-13-34;;/h1-2,10-11,14,18,30H,3-9,12-13H2;2*1H/t14-,18-;;/m0../s1. The molecule has 5 rings (SSSR count). The minimum absolute atomic E-state index is 0. The van der Waals surface area contributed by atoms with Gasteiger partial charge in [-0.2, -0.15) is 13.2 Å². The Hall–Kier alpha value is -1.87. The number of hydrogen-bond donors (Lipinski definition) is 1. The highest BCUT2D eigenvalue weighted by molar-refractivity contribution is 7.99. The van der Waals surface area contributed by atoms with Crippen molar-refractivity contribution in [2.75, 3.05) is 55.8 Å². The van der Waals surface area contributed by atoms with E-state index in [1.807, 2.05) is 4.90 Å². The van der Waals surface area contributed by atoms with Gasteiger partial charge < -0.3 is 19.9 Å². The summed E-state index contributed by atoms with van der Waals surface area (Å²) in [5.41, 5.74) is -1.01. The van der Waals surface area contributed by atoms with Gasteiger partial charge in [-0.25, -0.2) is 4.98 Å². The van der Waals surface area contributed by atoms with E-state index in [4.69, 9.17) is 0 Å². The molecule has 3 aliphatic rings. The van der Waals surface area contributed by atoms with Crippen molar-refractivity contribution in [3.05, 3.63) is 30.0 Å². The lowest BCUT2D eigenvalue weighted by atomic mass is 10.1. The second-order valence-electron chi connectivity index (χ2n) is 9.26. The van der Waals surface area contributed by atoms with Crippen LogP contribution in [0.5, 0.6) is 5.75 Å². The zero-order valence-electron chi connectivity index (χ0n) is 20.4. The monoisotopic (exact) mass is 621 g/mol. The van der Waals surface area contributed by atoms with Crippen LogP contribution in [0.3, 0.4) is 0 Å². The van der Waals surface area contributed by atoms with Gasteiger partial charge in [-0.05, 0) is 30.7 Å². The predicted molar refractivity (Wildman–Crippen MR) is 141 cm³/mol. The molecule has 1 aromatic heterocycles. The lowest BCUT2D eigenvalue weighted by Gasteiger charge is -2.39. The number of nitrogens with zero attached hydrogens (tertiary/aromatic N) is 4. The van der Waals surface area contributed by atoms with Crippen molar-refractivity contribution in [3.8, 4) is 5.75 Å². The molecule has 218 valence electrons. The number of aromatic nitrogens is 1. The van der Waals surface area contributed by atoms with Gasteiger partial charge in [0.2, 0.25) is 5.91 Å². The third kappa shape index (κ3) is 7.26. The number of pyridine rings is 1. The van der Waals surface area contributed by atoms with Crippen LogP contribution in [0.25, 0.3) is 10.9 Å². The molecular formula is C23H27Cl2F6N5O2S. The van der Waals surface area contributed by atoms with E-state index in [1.54, 1.807) is 16.7 Å². The zero-order chi connectivity index (χ0) is 26.4. The molecule has 0 aliphatic carbocycles. The van der Waals surface area contributed by atoms with E-state index in [-0.39, 0.29) is 59.4 Å². The Bertz CT molecular complexity index is 1160. The summed E-state index contributed by atoms with van der Waals surface area (Å²) in [6.45, 7) is 3.22. The maximum atomic E-state index is 13.5. The van der Waals surface area contributed by atoms with Crippen molar-refractivity contribution in [1.82, 2.24) is 20.1 Å². The van der Waals surface area contributed by atoms with E-state index in [9.17, 15) is 31.1 Å². The molecule has 3 saturated heterocycles. The third-order valence-electron chi connectivity index (χ3n) is 6.92. The number of carbonyl (C=O) groups excluding carboxylic acids is 1. The van der Waals surface area contributed by atoms with Crippen LogP contribution in [0.4, 0.5) is 32.0 Å². The lowest BCUT2D eigenvalue weighted by molar-refractivity contribution is -0.274. The van der Waals surface area contributed by atoms with E-state index in [1.165, 1.54) is 0 Å². The van der Waals surface area contributed by atoms with Crippen LogP contribution in [-0.4, -0.2) is 90.0 Å². The molecule has 1 N–H and O–H groups in total. The molecule has 0 bridgehead atoms. The minimum atomic E-state index is -4.93. The smallest absolute Gasteiger partial charge is 0.406 e. The summed E-state index contributed by atoms with van der Waals surface area (Å²) >= 11 is 1.73. The summed E-state index contributed by atoms with van der Waals surface area (Å²) in [7, 11) is 0. The Morgan fingerprint density at radius 2 is 1.74 bits per heavy atom. The number of thioether (sulfide) groups is 1. The number of rotatable bonds is 4. The Kier molecular flexibility index (Phi) is 10.0. The van der Waals surface area contributed by atoms with Crippen LogP contribution in [-0.2, 0) is 11.0 Å². The third-order valence-corrected chi connectivity index (χ3v) is 7.89. The average Bonchev–Trinajstić information content (AvgIpc) is 3.54. The number of anilines is 1. The van der Waals surface area contributed by atoms with Crippen LogP contribution in [0.1, 0.15) is 12.1 Å². The number of fused-ring (bicyclic) bond motifs is 1. The molecule has 16 heteroatoms. The molecule has 4 heterocycles. The van der Waals surface area contributed by atoms with E-state index in [0.29, 0.717) is 45.0 Å². The molecule has 3 fully saturated rings. The van der Waals surface area contributed by atoms with Crippen LogP contribution in [0.15, 0.2) is 24.3 Å². The second kappa shape index (κ2) is 12.3. The molecule has 2 aromatic rings. The number of amides is 1. The Labute approximate surface area is 237 Å². The Balaban J connectivity index is 0.00000210. The first-order chi connectivity index (χ1) is 17.5. The molecule has 7 nitrogen and oxygen atoms in total. The maximum absolute atomic E-state index is 13.5. The molecule has 1 amide bonds. The van der Waals surface area contributed by atoms with Crippen molar-refractivity contribution in [3.63, 3.8) is 0 Å². The predicted octanol–water partition coefficient (Wildman–Crippen LogP) is 4.38. The highest BCUT2D eigenvalue weighted by Gasteiger charge is 2.38. The topological polar surface area (TPSA) is 60.9 Å². The van der Waals surface area contributed by atoms with E-state index < -0.39 is 24.0 Å². The normalized spacial score (nSPS) is 22.5. The van der Waals surface area contributed by atoms with E-state index in [2.05, 4.69) is 19.9 Å². The van der Waals surface area contributed by atoms with Gasteiger partial charge in [0.05, 0.1) is 17.4 Å². The van der Waals surface area contributed by atoms with Crippen molar-refractivity contribution < 1.29 is 35.9 Å². The number of nitrogens with one attached hydrogen (secondary N) is 1. The largest absolute Gasteiger partial charge is 0.573 e. The van der Waals surface area contributed by atoms with Gasteiger partial charge in [-0.15, -0.1) is 49.7 Å². The fraction of sp³-hybridized carbons (Fsp3) is 0.565. The zero-order valence-corrected chi connectivity index (χ0v) is 22.9. The number of halogens is 8. The van der Waals surface area contributed by atoms with Crippen LogP contribution in [0.2, 0.25) is 0 Å². The van der Waals surface area contributed by atoms with Gasteiger partial charge in [0.15, 0.2) is 0 Å². The summed E-state index contributed by atoms with van der Waals surface area (Å²) in [5.74, 6) is 1.22. The highest BCUT2D eigenvalue weighted by atomic mass is 35.5. The molecule has 0 saturated carbocycles. The molecule has 0 radical (unpaired) electrons. The van der Waals surface area contributed by atoms with Crippen LogP contribution < -0.4 is 15.0 Å². The second-order valence-corrected chi connectivity index (χ2v) is 10.3. The number of carbonyl (C=O) groups is 1. The molecule has 3 aliphatic heterocycles. The maximum Gasteiger partial charge on any atom is 0.573 e. The lowest BCUT2D eigenvalue weighted by Crippen LogP contribution is -2.51. The first kappa shape index (κ1) is 31.7. The number of ether oxygens (including phenoxy) is 1. The summed E-state index contributed by atoms with van der Waals surface area (Å²) in [4.78, 5) is 22.1. The van der Waals surface area contributed by atoms with Gasteiger partial charge in [0.25, 0.3) is 0 Å². The fourth-order valence-electron chi connectivity index (χ4n) is 5.11. The van der Waals surface area contributed by atoms with Crippen molar-refractivity contribution >= 4 is 59.1 Å². The van der Waals surface area contributed by atoms with Crippen LogP contribution in [0, 0.1) is 0 Å². The SMILES string of the molecule is Cl.Cl.O=C([C@@H]1C[C@H](N2CCN(c3cc(C(F)(F)F)nc4ccc(OC(F)(F)F)cc34)CC2)CN1)N1CCSC1. The quantitative estimate of drug-likeness (QED) is 0.509. The number of piperazine rings is 1. The van der Waals surface area contributed by atoms with Crippen molar-refractivity contribution in [1.29, 1.82) is 0 Å². The van der Waals surface area contributed by atoms with E-state index in [0.717, 1.165) is 36.6 Å². The molecule has 2 atom stereocenters. The molecule has 1 aromatic carbocycles. The Morgan fingerprint density at radius 3 is 2.36 bits per heavy atom.